The van der Waals surface area contributed by atoms with Gasteiger partial charge in [0.1, 0.15) is 5.76 Å². The number of amides is 1. The molecule has 6 heteroatoms. The third-order valence-corrected chi connectivity index (χ3v) is 6.01. The maximum atomic E-state index is 13.1. The van der Waals surface area contributed by atoms with Crippen molar-refractivity contribution < 1.29 is 14.1 Å². The van der Waals surface area contributed by atoms with Gasteiger partial charge in [0.2, 0.25) is 0 Å². The number of carbonyl (C=O) groups is 1. The molecule has 1 aliphatic carbocycles. The number of carbonyl (C=O) groups excluding carboxylic acids is 1. The maximum Gasteiger partial charge on any atom is 0.276 e. The van der Waals surface area contributed by atoms with Gasteiger partial charge in [-0.3, -0.25) is 4.79 Å². The standard InChI is InChI=1S/C19H31N3O3/c1-14-16(12-24-4)17(20-25-14)18(23)22-11-15(10-21(2)3)19(13-22)8-6-5-7-9-19/h15H,5-13H2,1-4H3. The highest BCUT2D eigenvalue weighted by atomic mass is 16.5. The zero-order chi connectivity index (χ0) is 18.0. The minimum Gasteiger partial charge on any atom is -0.380 e. The monoisotopic (exact) mass is 349 g/mol. The Morgan fingerprint density at radius 2 is 2.08 bits per heavy atom. The summed E-state index contributed by atoms with van der Waals surface area (Å²) in [7, 11) is 5.87. The van der Waals surface area contributed by atoms with E-state index in [1.807, 2.05) is 11.8 Å². The Hall–Kier alpha value is -1.40. The highest BCUT2D eigenvalue weighted by molar-refractivity contribution is 5.94. The van der Waals surface area contributed by atoms with Crippen molar-refractivity contribution in [1.82, 2.24) is 15.0 Å². The fourth-order valence-corrected chi connectivity index (χ4v) is 4.73. The molecule has 25 heavy (non-hydrogen) atoms. The zero-order valence-corrected chi connectivity index (χ0v) is 16.0. The molecule has 0 N–H and O–H groups in total. The Bertz CT molecular complexity index is 605. The number of nitrogens with zero attached hydrogens (tertiary/aromatic N) is 3. The van der Waals surface area contributed by atoms with Gasteiger partial charge in [-0.25, -0.2) is 0 Å². The van der Waals surface area contributed by atoms with E-state index in [0.29, 0.717) is 24.0 Å². The van der Waals surface area contributed by atoms with Crippen LogP contribution in [0.25, 0.3) is 0 Å². The van der Waals surface area contributed by atoms with Gasteiger partial charge in [0, 0.05) is 26.7 Å². The quantitative estimate of drug-likeness (QED) is 0.818. The summed E-state index contributed by atoms with van der Waals surface area (Å²) in [5.41, 5.74) is 1.48. The van der Waals surface area contributed by atoms with Crippen molar-refractivity contribution in [3.63, 3.8) is 0 Å². The minimum atomic E-state index is -0.00453. The second kappa shape index (κ2) is 7.46. The first-order valence-corrected chi connectivity index (χ1v) is 9.35. The SMILES string of the molecule is COCc1c(C(=O)N2CC(CN(C)C)C3(CCCCC3)C2)noc1C. The van der Waals surface area contributed by atoms with E-state index in [4.69, 9.17) is 9.26 Å². The molecule has 140 valence electrons. The van der Waals surface area contributed by atoms with E-state index in [9.17, 15) is 4.79 Å². The van der Waals surface area contributed by atoms with Crippen molar-refractivity contribution >= 4 is 5.91 Å². The van der Waals surface area contributed by atoms with Crippen molar-refractivity contribution in [3.8, 4) is 0 Å². The molecule has 1 saturated heterocycles. The molecule has 0 radical (unpaired) electrons. The fourth-order valence-electron chi connectivity index (χ4n) is 4.73. The number of methoxy groups -OCH3 is 1. The Labute approximate surface area is 150 Å². The fraction of sp³-hybridized carbons (Fsp3) is 0.789. The average molecular weight is 349 g/mol. The summed E-state index contributed by atoms with van der Waals surface area (Å²) in [6.45, 7) is 4.89. The number of hydrogen-bond acceptors (Lipinski definition) is 5. The molecule has 1 aromatic heterocycles. The summed E-state index contributed by atoms with van der Waals surface area (Å²) in [6.07, 6.45) is 6.36. The van der Waals surface area contributed by atoms with Crippen molar-refractivity contribution in [1.29, 1.82) is 0 Å². The molecule has 3 rings (SSSR count). The summed E-state index contributed by atoms with van der Waals surface area (Å²) in [6, 6.07) is 0. The van der Waals surface area contributed by atoms with Crippen LogP contribution in [0.15, 0.2) is 4.52 Å². The van der Waals surface area contributed by atoms with Crippen LogP contribution in [0.3, 0.4) is 0 Å². The molecule has 2 fully saturated rings. The van der Waals surface area contributed by atoms with E-state index in [-0.39, 0.29) is 11.3 Å². The van der Waals surface area contributed by atoms with Gasteiger partial charge in [-0.2, -0.15) is 0 Å². The lowest BCUT2D eigenvalue weighted by atomic mass is 9.67. The molecule has 0 bridgehead atoms. The maximum absolute atomic E-state index is 13.1. The van der Waals surface area contributed by atoms with Crippen LogP contribution in [-0.4, -0.2) is 61.7 Å². The lowest BCUT2D eigenvalue weighted by molar-refractivity contribution is 0.0741. The minimum absolute atomic E-state index is 0.00453. The Morgan fingerprint density at radius 1 is 1.36 bits per heavy atom. The first-order valence-electron chi connectivity index (χ1n) is 9.35. The molecular formula is C19H31N3O3. The smallest absolute Gasteiger partial charge is 0.276 e. The Kier molecular flexibility index (Phi) is 5.49. The molecule has 2 heterocycles. The van der Waals surface area contributed by atoms with Gasteiger partial charge in [0.05, 0.1) is 12.2 Å². The second-order valence-corrected chi connectivity index (χ2v) is 8.07. The molecule has 1 unspecified atom stereocenters. The summed E-state index contributed by atoms with van der Waals surface area (Å²) >= 11 is 0. The summed E-state index contributed by atoms with van der Waals surface area (Å²) in [5, 5.41) is 4.04. The van der Waals surface area contributed by atoms with E-state index < -0.39 is 0 Å². The van der Waals surface area contributed by atoms with E-state index in [1.165, 1.54) is 32.1 Å². The van der Waals surface area contributed by atoms with Gasteiger partial charge >= 0.3 is 0 Å². The number of ether oxygens (including phenoxy) is 1. The van der Waals surface area contributed by atoms with Gasteiger partial charge in [-0.1, -0.05) is 24.4 Å². The third kappa shape index (κ3) is 3.60. The lowest BCUT2D eigenvalue weighted by Gasteiger charge is -2.39. The number of aromatic nitrogens is 1. The summed E-state index contributed by atoms with van der Waals surface area (Å²) < 4.78 is 10.5. The van der Waals surface area contributed by atoms with Crippen LogP contribution in [-0.2, 0) is 11.3 Å². The first kappa shape index (κ1) is 18.4. The zero-order valence-electron chi connectivity index (χ0n) is 16.0. The average Bonchev–Trinajstić information content (AvgIpc) is 3.10. The third-order valence-electron chi connectivity index (χ3n) is 6.01. The van der Waals surface area contributed by atoms with Crippen LogP contribution in [0.5, 0.6) is 0 Å². The molecule has 1 saturated carbocycles. The molecular weight excluding hydrogens is 318 g/mol. The molecule has 1 atom stereocenters. The van der Waals surface area contributed by atoms with E-state index in [1.54, 1.807) is 7.11 Å². The molecule has 2 aliphatic rings. The van der Waals surface area contributed by atoms with Crippen LogP contribution in [0.1, 0.15) is 53.9 Å². The van der Waals surface area contributed by atoms with Crippen molar-refractivity contribution in [2.75, 3.05) is 40.8 Å². The van der Waals surface area contributed by atoms with E-state index >= 15 is 0 Å². The Morgan fingerprint density at radius 3 is 2.72 bits per heavy atom. The number of hydrogen-bond donors (Lipinski definition) is 0. The first-order chi connectivity index (χ1) is 12.0. The molecule has 6 nitrogen and oxygen atoms in total. The van der Waals surface area contributed by atoms with Crippen LogP contribution in [0, 0.1) is 18.3 Å². The molecule has 1 spiro atoms. The van der Waals surface area contributed by atoms with Gasteiger partial charge < -0.3 is 19.1 Å². The summed E-state index contributed by atoms with van der Waals surface area (Å²) in [4.78, 5) is 17.4. The second-order valence-electron chi connectivity index (χ2n) is 8.07. The number of likely N-dealkylation sites (tertiary alicyclic amines) is 1. The molecule has 0 aromatic carbocycles. The normalized spacial score (nSPS) is 22.9. The topological polar surface area (TPSA) is 58.8 Å². The van der Waals surface area contributed by atoms with Gasteiger partial charge in [-0.05, 0) is 45.2 Å². The molecule has 1 aromatic rings. The van der Waals surface area contributed by atoms with Crippen LogP contribution in [0.2, 0.25) is 0 Å². The molecule has 1 aliphatic heterocycles. The van der Waals surface area contributed by atoms with Crippen LogP contribution >= 0.6 is 0 Å². The van der Waals surface area contributed by atoms with Gasteiger partial charge in [0.25, 0.3) is 5.91 Å². The summed E-state index contributed by atoms with van der Waals surface area (Å²) in [5.74, 6) is 1.20. The van der Waals surface area contributed by atoms with E-state index in [0.717, 1.165) is 25.2 Å². The lowest BCUT2D eigenvalue weighted by Crippen LogP contribution is -2.38. The predicted octanol–water partition coefficient (Wildman–Crippen LogP) is 2.71. The number of rotatable bonds is 5. The highest BCUT2D eigenvalue weighted by Crippen LogP contribution is 2.48. The van der Waals surface area contributed by atoms with Crippen molar-refractivity contribution in [2.45, 2.75) is 45.6 Å². The van der Waals surface area contributed by atoms with Gasteiger partial charge in [-0.15, -0.1) is 0 Å². The van der Waals surface area contributed by atoms with E-state index in [2.05, 4.69) is 24.2 Å². The van der Waals surface area contributed by atoms with Crippen LogP contribution in [0.4, 0.5) is 0 Å². The predicted molar refractivity (Wildman–Crippen MR) is 95.4 cm³/mol. The highest BCUT2D eigenvalue weighted by Gasteiger charge is 2.48. The number of aryl methyl sites for hydroxylation is 1. The van der Waals surface area contributed by atoms with Gasteiger partial charge in [0.15, 0.2) is 5.69 Å². The Balaban J connectivity index is 1.82. The largest absolute Gasteiger partial charge is 0.380 e. The van der Waals surface area contributed by atoms with Crippen LogP contribution < -0.4 is 0 Å². The van der Waals surface area contributed by atoms with Crippen molar-refractivity contribution in [2.24, 2.45) is 11.3 Å². The van der Waals surface area contributed by atoms with Crippen molar-refractivity contribution in [3.05, 3.63) is 17.0 Å². The molecule has 1 amide bonds.